The number of pyridine rings is 1. The summed E-state index contributed by atoms with van der Waals surface area (Å²) in [5, 5.41) is 6.53. The smallest absolute Gasteiger partial charge is 0.276 e. The van der Waals surface area contributed by atoms with Gasteiger partial charge in [-0.2, -0.15) is 22.9 Å². The number of benzene rings is 3. The van der Waals surface area contributed by atoms with Crippen molar-refractivity contribution < 1.29 is 30.0 Å². The van der Waals surface area contributed by atoms with E-state index < -0.39 is 10.0 Å². The summed E-state index contributed by atoms with van der Waals surface area (Å²) in [6.45, 7) is 0.407. The first-order chi connectivity index (χ1) is 14.5. The fourth-order valence-corrected chi connectivity index (χ4v) is 4.17. The zero-order valence-electron chi connectivity index (χ0n) is 16.3. The quantitative estimate of drug-likeness (QED) is 0.219. The van der Waals surface area contributed by atoms with Gasteiger partial charge in [-0.1, -0.05) is 64.5 Å². The van der Waals surface area contributed by atoms with E-state index in [1.807, 2.05) is 65.5 Å². The average Bonchev–Trinajstić information content (AvgIpc) is 2.78. The number of nitrogens with zero attached hydrogens (tertiary/aromatic N) is 2. The van der Waals surface area contributed by atoms with E-state index >= 15 is 0 Å². The summed E-state index contributed by atoms with van der Waals surface area (Å²) < 4.78 is 28.2. The molecular weight excluding hydrogens is 542 g/mol. The molecule has 8 heteroatoms. The van der Waals surface area contributed by atoms with Crippen molar-refractivity contribution in [1.29, 1.82) is 0 Å². The van der Waals surface area contributed by atoms with Crippen molar-refractivity contribution in [1.82, 2.24) is 4.83 Å². The minimum atomic E-state index is -3.75. The molecule has 4 aromatic rings. The van der Waals surface area contributed by atoms with Gasteiger partial charge in [0.2, 0.25) is 0 Å². The number of halogens is 2. The van der Waals surface area contributed by atoms with Gasteiger partial charge in [0.05, 0.1) is 4.90 Å². The summed E-state index contributed by atoms with van der Waals surface area (Å²) >= 11 is 3.43. The van der Waals surface area contributed by atoms with Crippen LogP contribution in [0.1, 0.15) is 5.56 Å². The van der Waals surface area contributed by atoms with Crippen LogP contribution in [0.4, 0.5) is 0 Å². The van der Waals surface area contributed by atoms with Crippen LogP contribution in [-0.4, -0.2) is 14.1 Å². The van der Waals surface area contributed by atoms with E-state index in [2.05, 4.69) is 31.9 Å². The first-order valence-electron chi connectivity index (χ1n) is 9.28. The van der Waals surface area contributed by atoms with E-state index in [0.717, 1.165) is 20.8 Å². The maximum absolute atomic E-state index is 12.6. The van der Waals surface area contributed by atoms with Crippen LogP contribution in [0.2, 0.25) is 0 Å². The molecule has 0 aliphatic heterocycles. The third-order valence-electron chi connectivity index (χ3n) is 4.61. The van der Waals surface area contributed by atoms with Gasteiger partial charge in [0.15, 0.2) is 18.9 Å². The second-order valence-electron chi connectivity index (χ2n) is 6.72. The lowest BCUT2D eigenvalue weighted by Crippen LogP contribution is -3.00. The van der Waals surface area contributed by atoms with Crippen LogP contribution in [0, 0.1) is 0 Å². The van der Waals surface area contributed by atoms with Gasteiger partial charge in [0.1, 0.15) is 5.71 Å². The Labute approximate surface area is 200 Å². The molecular formula is C23H19Br2N3O2S. The first kappa shape index (κ1) is 23.1. The van der Waals surface area contributed by atoms with Gasteiger partial charge in [-0.05, 0) is 35.7 Å². The number of hydrazone groups is 1. The Kier molecular flexibility index (Phi) is 7.59. The molecule has 5 nitrogen and oxygen atoms in total. The fourth-order valence-electron chi connectivity index (χ4n) is 3.05. The van der Waals surface area contributed by atoms with Crippen molar-refractivity contribution in [3.63, 3.8) is 0 Å². The summed E-state index contributed by atoms with van der Waals surface area (Å²) in [5.41, 5.74) is 1.43. The highest BCUT2D eigenvalue weighted by atomic mass is 79.9. The Morgan fingerprint density at radius 1 is 0.871 bits per heavy atom. The highest BCUT2D eigenvalue weighted by Gasteiger charge is 2.16. The van der Waals surface area contributed by atoms with Crippen molar-refractivity contribution in [2.75, 3.05) is 0 Å². The number of aromatic nitrogens is 1. The molecule has 0 saturated carbocycles. The molecule has 0 aliphatic carbocycles. The van der Waals surface area contributed by atoms with E-state index in [0.29, 0.717) is 12.3 Å². The van der Waals surface area contributed by atoms with Crippen LogP contribution in [0.5, 0.6) is 0 Å². The van der Waals surface area contributed by atoms with Crippen molar-refractivity contribution >= 4 is 42.4 Å². The van der Waals surface area contributed by atoms with Crippen molar-refractivity contribution in [2.45, 2.75) is 11.4 Å². The van der Waals surface area contributed by atoms with E-state index in [4.69, 9.17) is 0 Å². The zero-order chi connectivity index (χ0) is 21.0. The number of fused-ring (bicyclic) bond motifs is 1. The van der Waals surface area contributed by atoms with Gasteiger partial charge >= 0.3 is 0 Å². The van der Waals surface area contributed by atoms with E-state index in [1.165, 1.54) is 12.1 Å². The Bertz CT molecular complexity index is 1310. The van der Waals surface area contributed by atoms with Crippen LogP contribution in [0.3, 0.4) is 0 Å². The molecule has 1 heterocycles. The third-order valence-corrected chi connectivity index (χ3v) is 6.36. The topological polar surface area (TPSA) is 62.4 Å². The van der Waals surface area contributed by atoms with Gasteiger partial charge in [0.25, 0.3) is 10.0 Å². The Balaban J connectivity index is 0.00000272. The Hall–Kier alpha value is -2.55. The molecule has 0 amide bonds. The molecule has 158 valence electrons. The van der Waals surface area contributed by atoms with E-state index in [-0.39, 0.29) is 21.9 Å². The molecule has 0 aliphatic rings. The third kappa shape index (κ3) is 5.78. The maximum Gasteiger partial charge on any atom is 0.276 e. The molecule has 1 aromatic heterocycles. The molecule has 3 aromatic carbocycles. The van der Waals surface area contributed by atoms with Crippen LogP contribution in [-0.2, 0) is 16.6 Å². The molecule has 0 unspecified atom stereocenters. The lowest BCUT2D eigenvalue weighted by atomic mass is 10.1. The molecule has 0 saturated heterocycles. The van der Waals surface area contributed by atoms with Gasteiger partial charge in [-0.15, -0.1) is 0 Å². The lowest BCUT2D eigenvalue weighted by molar-refractivity contribution is -0.680. The molecule has 0 spiro atoms. The predicted molar refractivity (Wildman–Crippen MR) is 122 cm³/mol. The van der Waals surface area contributed by atoms with Crippen LogP contribution in [0.25, 0.3) is 10.8 Å². The lowest BCUT2D eigenvalue weighted by Gasteiger charge is -2.08. The van der Waals surface area contributed by atoms with Gasteiger partial charge < -0.3 is 17.0 Å². The van der Waals surface area contributed by atoms with Crippen LogP contribution < -0.4 is 26.4 Å². The summed E-state index contributed by atoms with van der Waals surface area (Å²) in [5.74, 6) is 0. The van der Waals surface area contributed by atoms with Crippen molar-refractivity contribution in [3.8, 4) is 0 Å². The molecule has 1 N–H and O–H groups in total. The molecule has 31 heavy (non-hydrogen) atoms. The minimum Gasteiger partial charge on any atom is -1.00 e. The minimum absolute atomic E-state index is 0. The number of hydrogen-bond donors (Lipinski definition) is 1. The maximum atomic E-state index is 12.6. The first-order valence-corrected chi connectivity index (χ1v) is 11.6. The monoisotopic (exact) mass is 559 g/mol. The molecule has 0 fully saturated rings. The summed E-state index contributed by atoms with van der Waals surface area (Å²) in [6, 6.07) is 25.9. The normalized spacial score (nSPS) is 11.7. The standard InChI is InChI=1S/C23H19BrN3O2S.BrH/c24-21-12-10-19(11-13-21)23(25-26-30(28,29)22-8-2-1-3-9-22)17-27-15-14-18-6-4-5-7-20(18)16-27;/h1-16,26H,17H2;1H/q+1;/p-1/b25-23-;. The number of nitrogens with one attached hydrogen (secondary N) is 1. The predicted octanol–water partition coefficient (Wildman–Crippen LogP) is 1.28. The molecule has 4 rings (SSSR count). The highest BCUT2D eigenvalue weighted by Crippen LogP contribution is 2.13. The van der Waals surface area contributed by atoms with Crippen LogP contribution >= 0.6 is 15.9 Å². The zero-order valence-corrected chi connectivity index (χ0v) is 20.3. The van der Waals surface area contributed by atoms with Gasteiger partial charge in [0, 0.05) is 21.5 Å². The Morgan fingerprint density at radius 3 is 2.23 bits per heavy atom. The molecule has 0 atom stereocenters. The van der Waals surface area contributed by atoms with Crippen molar-refractivity contribution in [2.24, 2.45) is 5.10 Å². The van der Waals surface area contributed by atoms with Crippen LogP contribution in [0.15, 0.2) is 112 Å². The summed E-state index contributed by atoms with van der Waals surface area (Å²) in [4.78, 5) is 2.55. The average molecular weight is 561 g/mol. The van der Waals surface area contributed by atoms with E-state index in [9.17, 15) is 8.42 Å². The van der Waals surface area contributed by atoms with Gasteiger partial charge in [-0.3, -0.25) is 0 Å². The summed E-state index contributed by atoms with van der Waals surface area (Å²) in [7, 11) is -3.75. The van der Waals surface area contributed by atoms with Gasteiger partial charge in [-0.25, -0.2) is 0 Å². The van der Waals surface area contributed by atoms with Crippen molar-refractivity contribution in [3.05, 3.63) is 107 Å². The highest BCUT2D eigenvalue weighted by molar-refractivity contribution is 9.10. The largest absolute Gasteiger partial charge is 1.00 e. The Morgan fingerprint density at radius 2 is 1.52 bits per heavy atom. The van der Waals surface area contributed by atoms with E-state index in [1.54, 1.807) is 18.2 Å². The number of hydrogen-bond acceptors (Lipinski definition) is 3. The summed E-state index contributed by atoms with van der Waals surface area (Å²) in [6.07, 6.45) is 3.98. The number of sulfonamides is 1. The second-order valence-corrected chi connectivity index (χ2v) is 9.30. The SMILES string of the molecule is O=S(=O)(N/N=C(/C[n+]1ccc2ccccc2c1)c1ccc(Br)cc1)c1ccccc1.[Br-]. The molecule has 0 bridgehead atoms. The fraction of sp³-hybridized carbons (Fsp3) is 0.0435. The number of rotatable bonds is 6. The second kappa shape index (κ2) is 10.2. The molecule has 0 radical (unpaired) electrons.